The Balaban J connectivity index is 1.99. The minimum absolute atomic E-state index is 0.231. The van der Waals surface area contributed by atoms with Crippen LogP contribution in [0.5, 0.6) is 0 Å². The predicted octanol–water partition coefficient (Wildman–Crippen LogP) is 2.44. The largest absolute Gasteiger partial charge is 0.326 e. The maximum absolute atomic E-state index is 10.6. The quantitative estimate of drug-likeness (QED) is 0.840. The second kappa shape index (κ2) is 5.75. The number of nitrogens with two attached hydrogens (primary N) is 1. The van der Waals surface area contributed by atoms with Crippen LogP contribution in [0.15, 0.2) is 24.3 Å². The van der Waals surface area contributed by atoms with E-state index in [2.05, 4.69) is 24.3 Å². The number of hydrogen-bond donors (Lipinski definition) is 1. The standard InChI is InChI=1S/C12H15NOS2/c13-5-9-1-3-11(4-2-9)12-15-7-10(6-14)8-16-12/h1-4,6,10,12H,5,7-8,13H2. The van der Waals surface area contributed by atoms with E-state index in [4.69, 9.17) is 5.73 Å². The van der Waals surface area contributed by atoms with Crippen LogP contribution in [-0.2, 0) is 11.3 Å². The van der Waals surface area contributed by atoms with Crippen LogP contribution < -0.4 is 5.73 Å². The molecule has 1 saturated heterocycles. The zero-order valence-electron chi connectivity index (χ0n) is 8.96. The van der Waals surface area contributed by atoms with Crippen LogP contribution in [0.2, 0.25) is 0 Å². The molecule has 0 aromatic heterocycles. The van der Waals surface area contributed by atoms with E-state index < -0.39 is 0 Å². The molecule has 1 aliphatic heterocycles. The van der Waals surface area contributed by atoms with E-state index in [9.17, 15) is 4.79 Å². The van der Waals surface area contributed by atoms with Crippen molar-refractivity contribution in [2.45, 2.75) is 11.1 Å². The van der Waals surface area contributed by atoms with Gasteiger partial charge in [0.15, 0.2) is 0 Å². The first-order valence-corrected chi connectivity index (χ1v) is 7.40. The third kappa shape index (κ3) is 2.81. The van der Waals surface area contributed by atoms with Crippen LogP contribution in [0.4, 0.5) is 0 Å². The molecule has 86 valence electrons. The molecule has 1 aromatic carbocycles. The molecular weight excluding hydrogens is 238 g/mol. The monoisotopic (exact) mass is 253 g/mol. The first-order chi connectivity index (χ1) is 7.83. The van der Waals surface area contributed by atoms with Crippen molar-refractivity contribution < 1.29 is 4.79 Å². The van der Waals surface area contributed by atoms with E-state index >= 15 is 0 Å². The first kappa shape index (κ1) is 12.0. The highest BCUT2D eigenvalue weighted by Crippen LogP contribution is 2.44. The van der Waals surface area contributed by atoms with Crippen molar-refractivity contribution in [2.24, 2.45) is 11.7 Å². The fourth-order valence-electron chi connectivity index (χ4n) is 1.60. The highest BCUT2D eigenvalue weighted by molar-refractivity contribution is 8.17. The molecule has 0 amide bonds. The van der Waals surface area contributed by atoms with Crippen LogP contribution in [0, 0.1) is 5.92 Å². The summed E-state index contributed by atoms with van der Waals surface area (Å²) in [6.45, 7) is 0.596. The fourth-order valence-corrected chi connectivity index (χ4v) is 4.54. The Morgan fingerprint density at radius 2 is 1.88 bits per heavy atom. The zero-order chi connectivity index (χ0) is 11.4. The maximum Gasteiger partial charge on any atom is 0.124 e. The average molecular weight is 253 g/mol. The van der Waals surface area contributed by atoms with E-state index in [0.29, 0.717) is 11.1 Å². The summed E-state index contributed by atoms with van der Waals surface area (Å²) in [6.07, 6.45) is 1.08. The van der Waals surface area contributed by atoms with E-state index in [0.717, 1.165) is 17.8 Å². The second-order valence-electron chi connectivity index (χ2n) is 3.84. The molecule has 0 spiro atoms. The highest BCUT2D eigenvalue weighted by atomic mass is 32.2. The Morgan fingerprint density at radius 3 is 2.38 bits per heavy atom. The topological polar surface area (TPSA) is 43.1 Å². The van der Waals surface area contributed by atoms with Crippen LogP contribution in [0.25, 0.3) is 0 Å². The van der Waals surface area contributed by atoms with Gasteiger partial charge in [0.2, 0.25) is 0 Å². The smallest absolute Gasteiger partial charge is 0.124 e. The molecule has 0 unspecified atom stereocenters. The molecule has 0 bridgehead atoms. The van der Waals surface area contributed by atoms with Crippen LogP contribution in [0.3, 0.4) is 0 Å². The van der Waals surface area contributed by atoms with E-state index in [1.54, 1.807) is 0 Å². The number of rotatable bonds is 3. The highest BCUT2D eigenvalue weighted by Gasteiger charge is 2.22. The lowest BCUT2D eigenvalue weighted by Gasteiger charge is -2.24. The lowest BCUT2D eigenvalue weighted by atomic mass is 10.1. The van der Waals surface area contributed by atoms with Gasteiger partial charge in [-0.3, -0.25) is 0 Å². The van der Waals surface area contributed by atoms with Crippen molar-refractivity contribution in [3.8, 4) is 0 Å². The van der Waals surface area contributed by atoms with Gasteiger partial charge >= 0.3 is 0 Å². The molecule has 2 nitrogen and oxygen atoms in total. The Kier molecular flexibility index (Phi) is 4.32. The Bertz CT molecular complexity index is 345. The second-order valence-corrected chi connectivity index (χ2v) is 6.42. The average Bonchev–Trinajstić information content (AvgIpc) is 2.39. The molecule has 0 saturated carbocycles. The van der Waals surface area contributed by atoms with Crippen LogP contribution in [0.1, 0.15) is 15.7 Å². The molecule has 0 aliphatic carbocycles. The Hall–Kier alpha value is -0.450. The summed E-state index contributed by atoms with van der Waals surface area (Å²) < 4.78 is 0.475. The molecule has 0 radical (unpaired) electrons. The SMILES string of the molecule is NCc1ccc(C2SCC(C=O)CS2)cc1. The molecule has 2 rings (SSSR count). The molecule has 4 heteroatoms. The number of carbonyl (C=O) groups excluding carboxylic acids is 1. The molecule has 1 aliphatic rings. The summed E-state index contributed by atoms with van der Waals surface area (Å²) in [6, 6.07) is 8.47. The lowest BCUT2D eigenvalue weighted by Crippen LogP contribution is -2.15. The number of benzene rings is 1. The zero-order valence-corrected chi connectivity index (χ0v) is 10.6. The number of thioether (sulfide) groups is 2. The minimum atomic E-state index is 0.231. The molecule has 1 fully saturated rings. The van der Waals surface area contributed by atoms with Gasteiger partial charge in [-0.2, -0.15) is 0 Å². The van der Waals surface area contributed by atoms with Crippen molar-refractivity contribution in [3.63, 3.8) is 0 Å². The lowest BCUT2D eigenvalue weighted by molar-refractivity contribution is -0.110. The summed E-state index contributed by atoms with van der Waals surface area (Å²) in [5, 5.41) is 0. The van der Waals surface area contributed by atoms with Gasteiger partial charge in [-0.25, -0.2) is 0 Å². The maximum atomic E-state index is 10.6. The van der Waals surface area contributed by atoms with Gasteiger partial charge in [-0.15, -0.1) is 23.5 Å². The molecule has 0 atom stereocenters. The Labute approximate surface area is 104 Å². The summed E-state index contributed by atoms with van der Waals surface area (Å²) in [5.41, 5.74) is 8.06. The van der Waals surface area contributed by atoms with Gasteiger partial charge in [0, 0.05) is 24.0 Å². The summed E-state index contributed by atoms with van der Waals surface area (Å²) in [5.74, 6) is 2.12. The molecule has 1 aromatic rings. The van der Waals surface area contributed by atoms with E-state index in [1.807, 2.05) is 23.5 Å². The number of hydrogen-bond acceptors (Lipinski definition) is 4. The van der Waals surface area contributed by atoms with Gasteiger partial charge in [0.05, 0.1) is 4.58 Å². The van der Waals surface area contributed by atoms with Gasteiger partial charge in [0.25, 0.3) is 0 Å². The summed E-state index contributed by atoms with van der Waals surface area (Å²) in [4.78, 5) is 10.6. The van der Waals surface area contributed by atoms with E-state index in [-0.39, 0.29) is 5.92 Å². The van der Waals surface area contributed by atoms with Gasteiger partial charge < -0.3 is 10.5 Å². The van der Waals surface area contributed by atoms with Crippen molar-refractivity contribution in [1.82, 2.24) is 0 Å². The van der Waals surface area contributed by atoms with Crippen molar-refractivity contribution in [3.05, 3.63) is 35.4 Å². The third-order valence-electron chi connectivity index (χ3n) is 2.60. The predicted molar refractivity (Wildman–Crippen MR) is 71.5 cm³/mol. The van der Waals surface area contributed by atoms with Gasteiger partial charge in [-0.1, -0.05) is 24.3 Å². The normalized spacial score (nSPS) is 25.3. The van der Waals surface area contributed by atoms with E-state index in [1.165, 1.54) is 11.1 Å². The van der Waals surface area contributed by atoms with Crippen LogP contribution in [-0.4, -0.2) is 17.8 Å². The minimum Gasteiger partial charge on any atom is -0.326 e. The third-order valence-corrected chi connectivity index (χ3v) is 5.81. The van der Waals surface area contributed by atoms with Crippen molar-refractivity contribution in [1.29, 1.82) is 0 Å². The van der Waals surface area contributed by atoms with Crippen molar-refractivity contribution in [2.75, 3.05) is 11.5 Å². The van der Waals surface area contributed by atoms with Gasteiger partial charge in [0.1, 0.15) is 6.29 Å². The molecule has 1 heterocycles. The Morgan fingerprint density at radius 1 is 1.25 bits per heavy atom. The van der Waals surface area contributed by atoms with Gasteiger partial charge in [-0.05, 0) is 11.1 Å². The number of carbonyl (C=O) groups is 1. The van der Waals surface area contributed by atoms with Crippen molar-refractivity contribution >= 4 is 29.8 Å². The fraction of sp³-hybridized carbons (Fsp3) is 0.417. The number of aldehydes is 1. The summed E-state index contributed by atoms with van der Waals surface area (Å²) >= 11 is 3.73. The molecular formula is C12H15NOS2. The van der Waals surface area contributed by atoms with Crippen LogP contribution >= 0.6 is 23.5 Å². The molecule has 2 N–H and O–H groups in total. The first-order valence-electron chi connectivity index (χ1n) is 5.31. The summed E-state index contributed by atoms with van der Waals surface area (Å²) in [7, 11) is 0. The molecule has 16 heavy (non-hydrogen) atoms.